The van der Waals surface area contributed by atoms with Crippen molar-refractivity contribution in [1.29, 1.82) is 0 Å². The van der Waals surface area contributed by atoms with E-state index < -0.39 is 0 Å². The molecule has 0 unspecified atom stereocenters. The summed E-state index contributed by atoms with van der Waals surface area (Å²) >= 11 is 1.53. The zero-order valence-electron chi connectivity index (χ0n) is 17.7. The van der Waals surface area contributed by atoms with Gasteiger partial charge in [0.1, 0.15) is 10.7 Å². The maximum Gasteiger partial charge on any atom is 0.262 e. The predicted octanol–water partition coefficient (Wildman–Crippen LogP) is 3.49. The summed E-state index contributed by atoms with van der Waals surface area (Å²) in [6, 6.07) is 7.98. The van der Waals surface area contributed by atoms with Crippen LogP contribution in [0.15, 0.2) is 35.4 Å². The molecule has 0 aliphatic heterocycles. The Balaban J connectivity index is 1.48. The molecule has 4 aromatic rings. The predicted molar refractivity (Wildman–Crippen MR) is 120 cm³/mol. The van der Waals surface area contributed by atoms with Crippen molar-refractivity contribution in [3.63, 3.8) is 0 Å². The van der Waals surface area contributed by atoms with E-state index in [-0.39, 0.29) is 17.9 Å². The summed E-state index contributed by atoms with van der Waals surface area (Å²) in [6.07, 6.45) is 1.78. The van der Waals surface area contributed by atoms with Gasteiger partial charge in [-0.2, -0.15) is 0 Å². The van der Waals surface area contributed by atoms with Crippen LogP contribution in [0.1, 0.15) is 29.6 Å². The number of aromatic nitrogens is 4. The van der Waals surface area contributed by atoms with Gasteiger partial charge < -0.3 is 9.47 Å². The zero-order valence-corrected chi connectivity index (χ0v) is 18.5. The number of imidazole rings is 1. The first-order valence-electron chi connectivity index (χ1n) is 10.0. The fourth-order valence-corrected chi connectivity index (χ4v) is 4.72. The monoisotopic (exact) mass is 423 g/mol. The molecule has 0 N–H and O–H groups in total. The van der Waals surface area contributed by atoms with Crippen LogP contribution < -0.4 is 5.56 Å². The van der Waals surface area contributed by atoms with Crippen LogP contribution in [0.25, 0.3) is 21.3 Å². The summed E-state index contributed by atoms with van der Waals surface area (Å²) in [6.45, 7) is 7.54. The van der Waals surface area contributed by atoms with E-state index in [1.165, 1.54) is 15.9 Å². The van der Waals surface area contributed by atoms with Gasteiger partial charge in [-0.15, -0.1) is 11.3 Å². The summed E-state index contributed by atoms with van der Waals surface area (Å²) in [5, 5.41) is 0.664. The van der Waals surface area contributed by atoms with Crippen LogP contribution in [0.4, 0.5) is 0 Å². The van der Waals surface area contributed by atoms with Crippen molar-refractivity contribution < 1.29 is 4.79 Å². The van der Waals surface area contributed by atoms with Gasteiger partial charge in [0, 0.05) is 31.4 Å². The highest BCUT2D eigenvalue weighted by molar-refractivity contribution is 7.18. The van der Waals surface area contributed by atoms with Gasteiger partial charge in [-0.25, -0.2) is 9.97 Å². The Labute approximate surface area is 178 Å². The number of carbonyl (C=O) groups excluding carboxylic acids is 1. The largest absolute Gasteiger partial charge is 0.338 e. The van der Waals surface area contributed by atoms with Crippen LogP contribution >= 0.6 is 11.3 Å². The molecule has 7 nitrogen and oxygen atoms in total. The summed E-state index contributed by atoms with van der Waals surface area (Å²) in [5.74, 6) is 0.828. The first kappa shape index (κ1) is 20.3. The molecule has 4 rings (SSSR count). The number of hydrogen-bond acceptors (Lipinski definition) is 5. The molecule has 0 aliphatic rings. The molecular formula is C22H25N5O2S. The minimum atomic E-state index is -0.0786. The minimum Gasteiger partial charge on any atom is -0.338 e. The second kappa shape index (κ2) is 8.02. The van der Waals surface area contributed by atoms with Crippen LogP contribution in [0.5, 0.6) is 0 Å². The van der Waals surface area contributed by atoms with Crippen molar-refractivity contribution in [1.82, 2.24) is 24.0 Å². The minimum absolute atomic E-state index is 0.0325. The number of rotatable bonds is 6. The molecule has 0 aliphatic carbocycles. The second-order valence-corrected chi connectivity index (χ2v) is 8.67. The number of amides is 1. The maximum atomic E-state index is 12.8. The number of carbonyl (C=O) groups is 1. The Morgan fingerprint density at radius 2 is 2.00 bits per heavy atom. The molecule has 0 spiro atoms. The van der Waals surface area contributed by atoms with Crippen LogP contribution in [-0.2, 0) is 24.4 Å². The van der Waals surface area contributed by atoms with Crippen LogP contribution in [0.2, 0.25) is 0 Å². The van der Waals surface area contributed by atoms with Crippen molar-refractivity contribution in [2.45, 2.75) is 46.8 Å². The van der Waals surface area contributed by atoms with Gasteiger partial charge >= 0.3 is 0 Å². The van der Waals surface area contributed by atoms with Crippen molar-refractivity contribution in [2.75, 3.05) is 7.05 Å². The van der Waals surface area contributed by atoms with E-state index in [4.69, 9.17) is 0 Å². The molecule has 0 saturated heterocycles. The van der Waals surface area contributed by atoms with E-state index in [2.05, 4.69) is 21.5 Å². The van der Waals surface area contributed by atoms with Crippen molar-refractivity contribution >= 4 is 38.5 Å². The van der Waals surface area contributed by atoms with Crippen LogP contribution in [0.3, 0.4) is 0 Å². The molecule has 156 valence electrons. The Morgan fingerprint density at radius 3 is 2.77 bits per heavy atom. The molecular weight excluding hydrogens is 398 g/mol. The highest BCUT2D eigenvalue weighted by Crippen LogP contribution is 2.25. The lowest BCUT2D eigenvalue weighted by atomic mass is 10.2. The van der Waals surface area contributed by atoms with E-state index in [0.717, 1.165) is 38.7 Å². The number of benzene rings is 1. The van der Waals surface area contributed by atoms with E-state index in [1.807, 2.05) is 38.1 Å². The van der Waals surface area contributed by atoms with Gasteiger partial charge in [0.05, 0.1) is 29.3 Å². The summed E-state index contributed by atoms with van der Waals surface area (Å²) in [7, 11) is 1.78. The molecule has 0 atom stereocenters. The topological polar surface area (TPSA) is 73.0 Å². The fourth-order valence-electron chi connectivity index (χ4n) is 3.74. The van der Waals surface area contributed by atoms with Gasteiger partial charge in [0.25, 0.3) is 5.56 Å². The van der Waals surface area contributed by atoms with Gasteiger partial charge in [0.2, 0.25) is 5.91 Å². The van der Waals surface area contributed by atoms with Gasteiger partial charge in [0.15, 0.2) is 0 Å². The van der Waals surface area contributed by atoms with E-state index >= 15 is 0 Å². The van der Waals surface area contributed by atoms with Gasteiger partial charge in [-0.1, -0.05) is 12.1 Å². The average molecular weight is 424 g/mol. The highest BCUT2D eigenvalue weighted by atomic mass is 32.1. The zero-order chi connectivity index (χ0) is 21.4. The highest BCUT2D eigenvalue weighted by Gasteiger charge is 2.16. The Morgan fingerprint density at radius 1 is 1.23 bits per heavy atom. The van der Waals surface area contributed by atoms with Crippen molar-refractivity contribution in [3.05, 3.63) is 57.2 Å². The molecule has 3 heterocycles. The number of nitrogens with zero attached hydrogens (tertiary/aromatic N) is 5. The molecule has 8 heteroatoms. The third kappa shape index (κ3) is 3.52. The second-order valence-electron chi connectivity index (χ2n) is 7.47. The van der Waals surface area contributed by atoms with Crippen LogP contribution in [0, 0.1) is 13.8 Å². The molecule has 3 aromatic heterocycles. The smallest absolute Gasteiger partial charge is 0.262 e. The molecule has 0 radical (unpaired) electrons. The molecule has 1 aromatic carbocycles. The third-order valence-electron chi connectivity index (χ3n) is 5.58. The Kier molecular flexibility index (Phi) is 5.42. The first-order valence-corrected chi connectivity index (χ1v) is 10.9. The lowest BCUT2D eigenvalue weighted by Crippen LogP contribution is -2.30. The van der Waals surface area contributed by atoms with E-state index in [0.29, 0.717) is 18.5 Å². The maximum absolute atomic E-state index is 12.8. The number of fused-ring (bicyclic) bond motifs is 2. The average Bonchev–Trinajstić information content (AvgIpc) is 3.23. The first-order chi connectivity index (χ1) is 14.4. The third-order valence-corrected chi connectivity index (χ3v) is 6.69. The van der Waals surface area contributed by atoms with Crippen molar-refractivity contribution in [3.8, 4) is 0 Å². The molecule has 1 amide bonds. The quantitative estimate of drug-likeness (QED) is 0.476. The molecule has 0 bridgehead atoms. The van der Waals surface area contributed by atoms with Gasteiger partial charge in [-0.3, -0.25) is 14.2 Å². The van der Waals surface area contributed by atoms with E-state index in [1.54, 1.807) is 18.3 Å². The standard InChI is InChI=1S/C22H25N5O2S/c1-5-27-17-9-7-6-8-16(17)24-18(27)12-25(4)19(28)10-11-26-13-23-21-20(22(26)29)14(2)15(3)30-21/h6-9,13H,5,10-12H2,1-4H3. The fraction of sp³-hybridized carbons (Fsp3) is 0.364. The van der Waals surface area contributed by atoms with Crippen molar-refractivity contribution in [2.24, 2.45) is 0 Å². The number of hydrogen-bond donors (Lipinski definition) is 0. The number of para-hydroxylation sites is 2. The molecule has 0 fully saturated rings. The number of aryl methyl sites for hydroxylation is 4. The molecule has 30 heavy (non-hydrogen) atoms. The summed E-state index contributed by atoms with van der Waals surface area (Å²) in [4.78, 5) is 38.2. The SMILES string of the molecule is CCn1c(CN(C)C(=O)CCn2cnc3sc(C)c(C)c3c2=O)nc2ccccc21. The summed E-state index contributed by atoms with van der Waals surface area (Å²) < 4.78 is 3.66. The van der Waals surface area contributed by atoms with E-state index in [9.17, 15) is 9.59 Å². The lowest BCUT2D eigenvalue weighted by Gasteiger charge is -2.18. The lowest BCUT2D eigenvalue weighted by molar-refractivity contribution is -0.130. The normalized spacial score (nSPS) is 11.5. The summed E-state index contributed by atoms with van der Waals surface area (Å²) in [5.41, 5.74) is 2.90. The molecule has 0 saturated carbocycles. The number of thiophene rings is 1. The van der Waals surface area contributed by atoms with Crippen LogP contribution in [-0.4, -0.2) is 37.0 Å². The Bertz CT molecular complexity index is 1300. The Hall–Kier alpha value is -3.00. The van der Waals surface area contributed by atoms with Gasteiger partial charge in [-0.05, 0) is 38.5 Å².